The summed E-state index contributed by atoms with van der Waals surface area (Å²) in [5.41, 5.74) is 2.23. The second-order valence-corrected chi connectivity index (χ2v) is 5.91. The number of nitrogens with one attached hydrogen (secondary N) is 1. The molecule has 0 radical (unpaired) electrons. The molecule has 0 spiro atoms. The van der Waals surface area contributed by atoms with Crippen LogP contribution >= 0.6 is 0 Å². The maximum atomic E-state index is 12.0. The highest BCUT2D eigenvalue weighted by atomic mass is 16.1. The molecule has 1 aliphatic carbocycles. The summed E-state index contributed by atoms with van der Waals surface area (Å²) in [6, 6.07) is 8.10. The predicted molar refractivity (Wildman–Crippen MR) is 71.1 cm³/mol. The smallest absolute Gasteiger partial charge is 0.227 e. The molecule has 0 heterocycles. The summed E-state index contributed by atoms with van der Waals surface area (Å²) in [5, 5.41) is 3.08. The zero-order valence-corrected chi connectivity index (χ0v) is 10.9. The topological polar surface area (TPSA) is 29.1 Å². The van der Waals surface area contributed by atoms with E-state index in [4.69, 9.17) is 0 Å². The maximum Gasteiger partial charge on any atom is 0.227 e. The van der Waals surface area contributed by atoms with E-state index in [2.05, 4.69) is 32.2 Å². The zero-order valence-electron chi connectivity index (χ0n) is 10.9. The number of rotatable bonds is 2. The van der Waals surface area contributed by atoms with Crippen LogP contribution in [0.15, 0.2) is 24.3 Å². The molecule has 1 aromatic carbocycles. The predicted octanol–water partition coefficient (Wildman–Crippen LogP) is 3.72. The molecule has 0 atom stereocenters. The van der Waals surface area contributed by atoms with Crippen LogP contribution in [-0.4, -0.2) is 5.91 Å². The lowest BCUT2D eigenvalue weighted by Gasteiger charge is -2.27. The monoisotopic (exact) mass is 231 g/mol. The van der Waals surface area contributed by atoms with Gasteiger partial charge in [0.15, 0.2) is 0 Å². The van der Waals surface area contributed by atoms with Gasteiger partial charge in [0.1, 0.15) is 0 Å². The normalized spacial score (nSPS) is 16.4. The van der Waals surface area contributed by atoms with Crippen molar-refractivity contribution in [3.05, 3.63) is 29.8 Å². The number of carbonyl (C=O) groups is 1. The second-order valence-electron chi connectivity index (χ2n) is 5.91. The molecular weight excluding hydrogens is 210 g/mol. The van der Waals surface area contributed by atoms with Crippen molar-refractivity contribution in [2.24, 2.45) is 5.92 Å². The molecule has 0 unspecified atom stereocenters. The lowest BCUT2D eigenvalue weighted by atomic mass is 9.83. The molecule has 1 fully saturated rings. The van der Waals surface area contributed by atoms with Crippen molar-refractivity contribution in [1.82, 2.24) is 0 Å². The number of hydrogen-bond donors (Lipinski definition) is 1. The van der Waals surface area contributed by atoms with E-state index in [9.17, 15) is 4.79 Å². The Morgan fingerprint density at radius 3 is 2.41 bits per heavy atom. The van der Waals surface area contributed by atoms with Gasteiger partial charge in [0, 0.05) is 11.6 Å². The molecule has 1 aliphatic rings. The van der Waals surface area contributed by atoms with Gasteiger partial charge < -0.3 is 5.32 Å². The molecule has 17 heavy (non-hydrogen) atoms. The third-order valence-corrected chi connectivity index (χ3v) is 3.47. The first-order valence-electron chi connectivity index (χ1n) is 6.39. The molecule has 1 N–H and O–H groups in total. The van der Waals surface area contributed by atoms with Crippen LogP contribution in [0.5, 0.6) is 0 Å². The van der Waals surface area contributed by atoms with Gasteiger partial charge in [0.2, 0.25) is 5.91 Å². The molecule has 0 aliphatic heterocycles. The van der Waals surface area contributed by atoms with Crippen LogP contribution in [0.3, 0.4) is 0 Å². The fraction of sp³-hybridized carbons (Fsp3) is 0.533. The Morgan fingerprint density at radius 2 is 1.88 bits per heavy atom. The quantitative estimate of drug-likeness (QED) is 0.825. The number of amides is 1. The van der Waals surface area contributed by atoms with Crippen molar-refractivity contribution >= 4 is 11.6 Å². The molecule has 0 aromatic heterocycles. The first-order valence-corrected chi connectivity index (χ1v) is 6.39. The minimum Gasteiger partial charge on any atom is -0.326 e. The zero-order chi connectivity index (χ0) is 12.5. The lowest BCUT2D eigenvalue weighted by molar-refractivity contribution is -0.122. The van der Waals surface area contributed by atoms with E-state index in [0.29, 0.717) is 0 Å². The fourth-order valence-electron chi connectivity index (χ4n) is 2.15. The minimum absolute atomic E-state index is 0.0590. The van der Waals surface area contributed by atoms with Crippen molar-refractivity contribution in [1.29, 1.82) is 0 Å². The van der Waals surface area contributed by atoms with Crippen molar-refractivity contribution in [3.8, 4) is 0 Å². The molecule has 2 heteroatoms. The Kier molecular flexibility index (Phi) is 3.23. The van der Waals surface area contributed by atoms with Crippen LogP contribution in [0.2, 0.25) is 0 Å². The van der Waals surface area contributed by atoms with E-state index in [1.165, 1.54) is 12.0 Å². The largest absolute Gasteiger partial charge is 0.326 e. The molecular formula is C15H21NO. The van der Waals surface area contributed by atoms with Gasteiger partial charge in [-0.3, -0.25) is 4.79 Å². The standard InChI is InChI=1S/C15H21NO/c1-15(2,3)12-9-4-5-10-13(12)16-14(17)11-7-6-8-11/h4-5,9-11H,6-8H2,1-3H3,(H,16,17). The van der Waals surface area contributed by atoms with Crippen molar-refractivity contribution < 1.29 is 4.79 Å². The van der Waals surface area contributed by atoms with Crippen LogP contribution in [-0.2, 0) is 10.2 Å². The van der Waals surface area contributed by atoms with Crippen LogP contribution in [0.4, 0.5) is 5.69 Å². The summed E-state index contributed by atoms with van der Waals surface area (Å²) in [7, 11) is 0. The Hall–Kier alpha value is -1.31. The molecule has 0 bridgehead atoms. The van der Waals surface area contributed by atoms with Gasteiger partial charge in [0.05, 0.1) is 0 Å². The minimum atomic E-state index is 0.0590. The first-order chi connectivity index (χ1) is 7.98. The third-order valence-electron chi connectivity index (χ3n) is 3.47. The average molecular weight is 231 g/mol. The Balaban J connectivity index is 2.17. The SMILES string of the molecule is CC(C)(C)c1ccccc1NC(=O)C1CCC1. The summed E-state index contributed by atoms with van der Waals surface area (Å²) in [6.45, 7) is 6.50. The summed E-state index contributed by atoms with van der Waals surface area (Å²) < 4.78 is 0. The number of benzene rings is 1. The van der Waals surface area contributed by atoms with Crippen LogP contribution in [0.1, 0.15) is 45.6 Å². The fourth-order valence-corrected chi connectivity index (χ4v) is 2.15. The number of hydrogen-bond acceptors (Lipinski definition) is 1. The van der Waals surface area contributed by atoms with Gasteiger partial charge in [0.25, 0.3) is 0 Å². The van der Waals surface area contributed by atoms with E-state index < -0.39 is 0 Å². The summed E-state index contributed by atoms with van der Waals surface area (Å²) in [6.07, 6.45) is 3.28. The van der Waals surface area contributed by atoms with Gasteiger partial charge in [-0.1, -0.05) is 45.4 Å². The van der Waals surface area contributed by atoms with Gasteiger partial charge in [-0.05, 0) is 29.9 Å². The highest BCUT2D eigenvalue weighted by Crippen LogP contribution is 2.32. The van der Waals surface area contributed by atoms with Gasteiger partial charge in [-0.2, -0.15) is 0 Å². The average Bonchev–Trinajstić information content (AvgIpc) is 2.13. The van der Waals surface area contributed by atoms with Gasteiger partial charge in [-0.15, -0.1) is 0 Å². The van der Waals surface area contributed by atoms with E-state index >= 15 is 0 Å². The van der Waals surface area contributed by atoms with Crippen molar-refractivity contribution in [3.63, 3.8) is 0 Å². The van der Waals surface area contributed by atoms with Crippen LogP contribution in [0, 0.1) is 5.92 Å². The Labute approximate surface area is 103 Å². The van der Waals surface area contributed by atoms with Crippen molar-refractivity contribution in [2.75, 3.05) is 5.32 Å². The number of carbonyl (C=O) groups excluding carboxylic acids is 1. The van der Waals surface area contributed by atoms with Crippen LogP contribution < -0.4 is 5.32 Å². The number of para-hydroxylation sites is 1. The summed E-state index contributed by atoms with van der Waals surface area (Å²) in [5.74, 6) is 0.427. The number of anilines is 1. The summed E-state index contributed by atoms with van der Waals surface area (Å²) >= 11 is 0. The maximum absolute atomic E-state index is 12.0. The van der Waals surface area contributed by atoms with Crippen molar-refractivity contribution in [2.45, 2.75) is 45.4 Å². The molecule has 2 nitrogen and oxygen atoms in total. The van der Waals surface area contributed by atoms with E-state index in [1.54, 1.807) is 0 Å². The lowest BCUT2D eigenvalue weighted by Crippen LogP contribution is -2.29. The molecule has 92 valence electrons. The molecule has 1 amide bonds. The van der Waals surface area contributed by atoms with E-state index in [1.807, 2.05) is 18.2 Å². The Bertz CT molecular complexity index is 413. The first kappa shape index (κ1) is 12.2. The molecule has 2 rings (SSSR count). The Morgan fingerprint density at radius 1 is 1.24 bits per heavy atom. The molecule has 0 saturated heterocycles. The highest BCUT2D eigenvalue weighted by Gasteiger charge is 2.26. The van der Waals surface area contributed by atoms with Crippen LogP contribution in [0.25, 0.3) is 0 Å². The van der Waals surface area contributed by atoms with E-state index in [0.717, 1.165) is 18.5 Å². The van der Waals surface area contributed by atoms with E-state index in [-0.39, 0.29) is 17.2 Å². The molecule has 1 saturated carbocycles. The molecule has 1 aromatic rings. The third kappa shape index (κ3) is 2.68. The van der Waals surface area contributed by atoms with Gasteiger partial charge in [-0.25, -0.2) is 0 Å². The highest BCUT2D eigenvalue weighted by molar-refractivity contribution is 5.93. The second kappa shape index (κ2) is 4.52. The summed E-state index contributed by atoms with van der Waals surface area (Å²) in [4.78, 5) is 12.0. The van der Waals surface area contributed by atoms with Gasteiger partial charge >= 0.3 is 0 Å².